The SMILES string of the molecule is COc1c(C(=O)O)cc(Cl)cc1[N+](=O)[O-]. The van der Waals surface area contributed by atoms with Crippen molar-refractivity contribution in [2.45, 2.75) is 0 Å². The molecule has 0 spiro atoms. The van der Waals surface area contributed by atoms with Crippen molar-refractivity contribution in [3.05, 3.63) is 32.8 Å². The third kappa shape index (κ3) is 2.16. The maximum absolute atomic E-state index is 10.7. The van der Waals surface area contributed by atoms with E-state index in [1.165, 1.54) is 0 Å². The lowest BCUT2D eigenvalue weighted by atomic mass is 10.1. The minimum atomic E-state index is -1.34. The van der Waals surface area contributed by atoms with Crippen LogP contribution in [0, 0.1) is 10.1 Å². The summed E-state index contributed by atoms with van der Waals surface area (Å²) in [7, 11) is 1.16. The zero-order valence-electron chi connectivity index (χ0n) is 7.56. The Morgan fingerprint density at radius 2 is 2.20 bits per heavy atom. The van der Waals surface area contributed by atoms with Gasteiger partial charge in [-0.25, -0.2) is 4.79 Å². The third-order valence-corrected chi connectivity index (χ3v) is 1.88. The summed E-state index contributed by atoms with van der Waals surface area (Å²) in [6.45, 7) is 0. The van der Waals surface area contributed by atoms with Gasteiger partial charge < -0.3 is 9.84 Å². The summed E-state index contributed by atoms with van der Waals surface area (Å²) < 4.78 is 4.67. The number of ether oxygens (including phenoxy) is 1. The molecular formula is C8H6ClNO5. The first kappa shape index (κ1) is 11.3. The van der Waals surface area contributed by atoms with Crippen LogP contribution in [0.5, 0.6) is 5.75 Å². The van der Waals surface area contributed by atoms with Gasteiger partial charge in [-0.05, 0) is 6.07 Å². The molecule has 0 radical (unpaired) electrons. The molecule has 0 atom stereocenters. The van der Waals surface area contributed by atoms with Crippen LogP contribution in [0.3, 0.4) is 0 Å². The second-order valence-corrected chi connectivity index (χ2v) is 3.00. The molecule has 0 saturated heterocycles. The fourth-order valence-corrected chi connectivity index (χ4v) is 1.30. The van der Waals surface area contributed by atoms with E-state index in [2.05, 4.69) is 4.74 Å². The number of nitro benzene ring substituents is 1. The number of aromatic carboxylic acids is 1. The molecule has 0 heterocycles. The Morgan fingerprint density at radius 1 is 1.60 bits per heavy atom. The minimum Gasteiger partial charge on any atom is -0.490 e. The van der Waals surface area contributed by atoms with Gasteiger partial charge in [-0.3, -0.25) is 10.1 Å². The Balaban J connectivity index is 3.52. The van der Waals surface area contributed by atoms with Crippen LogP contribution >= 0.6 is 11.6 Å². The zero-order valence-corrected chi connectivity index (χ0v) is 8.32. The Kier molecular flexibility index (Phi) is 3.11. The van der Waals surface area contributed by atoms with Gasteiger partial charge in [-0.2, -0.15) is 0 Å². The second kappa shape index (κ2) is 4.14. The summed E-state index contributed by atoms with van der Waals surface area (Å²) in [6, 6.07) is 2.13. The number of hydrogen-bond acceptors (Lipinski definition) is 4. The minimum absolute atomic E-state index is 0.0279. The van der Waals surface area contributed by atoms with Crippen molar-refractivity contribution in [1.29, 1.82) is 0 Å². The number of carbonyl (C=O) groups is 1. The lowest BCUT2D eigenvalue weighted by Crippen LogP contribution is -2.03. The predicted molar refractivity (Wildman–Crippen MR) is 51.6 cm³/mol. The first-order chi connectivity index (χ1) is 6.97. The second-order valence-electron chi connectivity index (χ2n) is 2.57. The van der Waals surface area contributed by atoms with Crippen LogP contribution in [0.4, 0.5) is 5.69 Å². The van der Waals surface area contributed by atoms with Crippen LogP contribution in [-0.4, -0.2) is 23.1 Å². The Hall–Kier alpha value is -1.82. The van der Waals surface area contributed by atoms with E-state index in [4.69, 9.17) is 16.7 Å². The van der Waals surface area contributed by atoms with Crippen LogP contribution in [-0.2, 0) is 0 Å². The molecule has 6 nitrogen and oxygen atoms in total. The van der Waals surface area contributed by atoms with Gasteiger partial charge in [0.15, 0.2) is 0 Å². The van der Waals surface area contributed by atoms with Crippen molar-refractivity contribution in [3.63, 3.8) is 0 Å². The Morgan fingerprint density at radius 3 is 2.60 bits per heavy atom. The molecule has 1 aromatic rings. The number of methoxy groups -OCH3 is 1. The summed E-state index contributed by atoms with van der Waals surface area (Å²) in [5.74, 6) is -1.64. The average Bonchev–Trinajstić information content (AvgIpc) is 2.16. The summed E-state index contributed by atoms with van der Waals surface area (Å²) in [4.78, 5) is 20.6. The van der Waals surface area contributed by atoms with Crippen molar-refractivity contribution in [1.82, 2.24) is 0 Å². The van der Waals surface area contributed by atoms with E-state index in [0.29, 0.717) is 0 Å². The fraction of sp³-hybridized carbons (Fsp3) is 0.125. The molecule has 0 unspecified atom stereocenters. The fourth-order valence-electron chi connectivity index (χ4n) is 1.09. The van der Waals surface area contributed by atoms with Crippen molar-refractivity contribution in [2.75, 3.05) is 7.11 Å². The van der Waals surface area contributed by atoms with Crippen LogP contribution < -0.4 is 4.74 Å². The molecular weight excluding hydrogens is 226 g/mol. The number of hydrogen-bond donors (Lipinski definition) is 1. The highest BCUT2D eigenvalue weighted by Crippen LogP contribution is 2.34. The molecule has 0 amide bonds. The number of halogens is 1. The largest absolute Gasteiger partial charge is 0.490 e. The van der Waals surface area contributed by atoms with Gasteiger partial charge in [0.25, 0.3) is 0 Å². The highest BCUT2D eigenvalue weighted by molar-refractivity contribution is 6.31. The number of nitro groups is 1. The number of carboxylic acids is 1. The first-order valence-corrected chi connectivity index (χ1v) is 4.10. The summed E-state index contributed by atoms with van der Waals surface area (Å²) >= 11 is 5.54. The topological polar surface area (TPSA) is 89.7 Å². The number of nitrogens with zero attached hydrogens (tertiary/aromatic N) is 1. The van der Waals surface area contributed by atoms with E-state index in [0.717, 1.165) is 19.2 Å². The number of benzene rings is 1. The van der Waals surface area contributed by atoms with Crippen molar-refractivity contribution < 1.29 is 19.6 Å². The normalized spacial score (nSPS) is 9.73. The Bertz CT molecular complexity index is 396. The molecule has 1 rings (SSSR count). The van der Waals surface area contributed by atoms with Crippen molar-refractivity contribution in [3.8, 4) is 5.75 Å². The average molecular weight is 232 g/mol. The molecule has 15 heavy (non-hydrogen) atoms. The molecule has 1 N–H and O–H groups in total. The molecule has 0 aromatic heterocycles. The molecule has 1 aromatic carbocycles. The number of rotatable bonds is 3. The summed E-state index contributed by atoms with van der Waals surface area (Å²) in [5.41, 5.74) is -0.806. The molecule has 0 aliphatic heterocycles. The van der Waals surface area contributed by atoms with Crippen LogP contribution in [0.1, 0.15) is 10.4 Å². The van der Waals surface area contributed by atoms with Crippen LogP contribution in [0.25, 0.3) is 0 Å². The third-order valence-electron chi connectivity index (χ3n) is 1.67. The highest BCUT2D eigenvalue weighted by atomic mass is 35.5. The van der Waals surface area contributed by atoms with E-state index in [-0.39, 0.29) is 16.3 Å². The van der Waals surface area contributed by atoms with Gasteiger partial charge in [0.05, 0.1) is 12.0 Å². The molecule has 0 aliphatic rings. The summed E-state index contributed by atoms with van der Waals surface area (Å²) in [6.07, 6.45) is 0. The first-order valence-electron chi connectivity index (χ1n) is 3.72. The standard InChI is InChI=1S/C8H6ClNO5/c1-15-7-5(8(11)12)2-4(9)3-6(7)10(13)14/h2-3H,1H3,(H,11,12). The smallest absolute Gasteiger partial charge is 0.339 e. The molecule has 0 aliphatic carbocycles. The number of carboxylic acid groups (broad SMARTS) is 1. The molecule has 0 bridgehead atoms. The quantitative estimate of drug-likeness (QED) is 0.634. The maximum Gasteiger partial charge on any atom is 0.339 e. The van der Waals surface area contributed by atoms with Crippen LogP contribution in [0.2, 0.25) is 5.02 Å². The van der Waals surface area contributed by atoms with Gasteiger partial charge >= 0.3 is 11.7 Å². The van der Waals surface area contributed by atoms with Gasteiger partial charge in [0.1, 0.15) is 5.56 Å². The van der Waals surface area contributed by atoms with Gasteiger partial charge in [-0.15, -0.1) is 0 Å². The van der Waals surface area contributed by atoms with E-state index < -0.39 is 16.6 Å². The lowest BCUT2D eigenvalue weighted by molar-refractivity contribution is -0.385. The van der Waals surface area contributed by atoms with E-state index in [1.807, 2.05) is 0 Å². The van der Waals surface area contributed by atoms with Gasteiger partial charge in [-0.1, -0.05) is 11.6 Å². The van der Waals surface area contributed by atoms with Gasteiger partial charge in [0.2, 0.25) is 5.75 Å². The lowest BCUT2D eigenvalue weighted by Gasteiger charge is -2.05. The molecule has 7 heteroatoms. The van der Waals surface area contributed by atoms with Crippen molar-refractivity contribution >= 4 is 23.3 Å². The predicted octanol–water partition coefficient (Wildman–Crippen LogP) is 1.96. The van der Waals surface area contributed by atoms with Gasteiger partial charge in [0, 0.05) is 11.1 Å². The van der Waals surface area contributed by atoms with Crippen molar-refractivity contribution in [2.24, 2.45) is 0 Å². The van der Waals surface area contributed by atoms with E-state index >= 15 is 0 Å². The Labute approximate surface area is 89.2 Å². The summed E-state index contributed by atoms with van der Waals surface area (Å²) in [5, 5.41) is 19.3. The maximum atomic E-state index is 10.7. The van der Waals surface area contributed by atoms with E-state index in [1.54, 1.807) is 0 Å². The molecule has 80 valence electrons. The monoisotopic (exact) mass is 231 g/mol. The molecule has 0 fully saturated rings. The van der Waals surface area contributed by atoms with E-state index in [9.17, 15) is 14.9 Å². The van der Waals surface area contributed by atoms with Crippen LogP contribution in [0.15, 0.2) is 12.1 Å². The highest BCUT2D eigenvalue weighted by Gasteiger charge is 2.23. The molecule has 0 saturated carbocycles. The zero-order chi connectivity index (χ0) is 11.6.